The molecule has 4 nitrogen and oxygen atoms in total. The van der Waals surface area contributed by atoms with E-state index in [1.165, 1.54) is 70.6 Å². The van der Waals surface area contributed by atoms with Crippen LogP contribution in [-0.4, -0.2) is 21.3 Å². The lowest BCUT2D eigenvalue weighted by molar-refractivity contribution is -0.124. The summed E-state index contributed by atoms with van der Waals surface area (Å²) in [6.45, 7) is 0. The van der Waals surface area contributed by atoms with Crippen LogP contribution in [0.15, 0.2) is 0 Å². The molecule has 6 aliphatic rings. The standard InChI is InChI=1S/C24H38N2O2S2/c27-21(19-7-3-1-4-8-19)25-29-23-12-17-11-18(13-23)15-24(14-17,16-23)30-26-22(28)20-9-5-2-6-10-20/h17-20H,1-16H2,(H,25,27)(H,26,28). The molecule has 168 valence electrons. The molecule has 0 atom stereocenters. The van der Waals surface area contributed by atoms with Crippen molar-refractivity contribution >= 4 is 35.7 Å². The summed E-state index contributed by atoms with van der Waals surface area (Å²) in [6, 6.07) is 0. The molecule has 6 heteroatoms. The van der Waals surface area contributed by atoms with Crippen molar-refractivity contribution in [1.29, 1.82) is 0 Å². The number of carbonyl (C=O) groups is 2. The van der Waals surface area contributed by atoms with Crippen molar-refractivity contribution in [1.82, 2.24) is 9.44 Å². The first-order chi connectivity index (χ1) is 14.5. The van der Waals surface area contributed by atoms with Gasteiger partial charge in [0.05, 0.1) is 0 Å². The van der Waals surface area contributed by atoms with E-state index in [4.69, 9.17) is 0 Å². The molecule has 0 spiro atoms. The predicted molar refractivity (Wildman–Crippen MR) is 125 cm³/mol. The van der Waals surface area contributed by atoms with E-state index in [1.54, 1.807) is 23.9 Å². The number of hydrogen-bond acceptors (Lipinski definition) is 4. The molecule has 0 radical (unpaired) electrons. The Kier molecular flexibility index (Phi) is 6.36. The summed E-state index contributed by atoms with van der Waals surface area (Å²) in [5.41, 5.74) is 0. The molecule has 30 heavy (non-hydrogen) atoms. The molecule has 0 unspecified atom stereocenters. The van der Waals surface area contributed by atoms with Crippen molar-refractivity contribution in [3.8, 4) is 0 Å². The Morgan fingerprint density at radius 3 is 1.43 bits per heavy atom. The number of nitrogens with one attached hydrogen (secondary N) is 2. The maximum Gasteiger partial charge on any atom is 0.232 e. The first-order valence-corrected chi connectivity index (χ1v) is 14.1. The van der Waals surface area contributed by atoms with Crippen molar-refractivity contribution < 1.29 is 9.59 Å². The Morgan fingerprint density at radius 2 is 1.03 bits per heavy atom. The van der Waals surface area contributed by atoms with Gasteiger partial charge in [-0.05, 0) is 99.9 Å². The highest BCUT2D eigenvalue weighted by molar-refractivity contribution is 8.00. The lowest BCUT2D eigenvalue weighted by Crippen LogP contribution is -2.58. The number of hydrogen-bond donors (Lipinski definition) is 2. The zero-order valence-electron chi connectivity index (χ0n) is 18.3. The molecule has 0 saturated heterocycles. The molecule has 2 amide bonds. The largest absolute Gasteiger partial charge is 0.299 e. The molecular weight excluding hydrogens is 412 g/mol. The normalized spacial score (nSPS) is 39.1. The van der Waals surface area contributed by atoms with Gasteiger partial charge in [-0.15, -0.1) is 0 Å². The van der Waals surface area contributed by atoms with Gasteiger partial charge in [0.1, 0.15) is 0 Å². The number of amides is 2. The summed E-state index contributed by atoms with van der Waals surface area (Å²) in [4.78, 5) is 25.5. The van der Waals surface area contributed by atoms with Crippen LogP contribution in [0.2, 0.25) is 0 Å². The van der Waals surface area contributed by atoms with Gasteiger partial charge in [-0.25, -0.2) is 0 Å². The molecule has 0 aromatic rings. The van der Waals surface area contributed by atoms with Gasteiger partial charge in [-0.1, -0.05) is 38.5 Å². The molecule has 0 aromatic heterocycles. The molecule has 0 aromatic carbocycles. The average Bonchev–Trinajstić information content (AvgIpc) is 2.76. The van der Waals surface area contributed by atoms with E-state index in [0.717, 1.165) is 43.9 Å². The Hall–Kier alpha value is -0.360. The van der Waals surface area contributed by atoms with Crippen LogP contribution in [-0.2, 0) is 9.59 Å². The van der Waals surface area contributed by atoms with Crippen LogP contribution < -0.4 is 9.44 Å². The Bertz CT molecular complexity index is 592. The lowest BCUT2D eigenvalue weighted by Gasteiger charge is -2.61. The SMILES string of the molecule is O=C(NSC12CC3CC(C1)CC(SNC(=O)C1CCCCC1)(C3)C2)C1CCCCC1. The monoisotopic (exact) mass is 450 g/mol. The van der Waals surface area contributed by atoms with E-state index in [2.05, 4.69) is 9.44 Å². The summed E-state index contributed by atoms with van der Waals surface area (Å²) in [6.07, 6.45) is 19.2. The summed E-state index contributed by atoms with van der Waals surface area (Å²) >= 11 is 3.54. The van der Waals surface area contributed by atoms with Gasteiger partial charge in [0, 0.05) is 21.3 Å². The fraction of sp³-hybridized carbons (Fsp3) is 0.917. The topological polar surface area (TPSA) is 58.2 Å². The zero-order valence-corrected chi connectivity index (χ0v) is 19.9. The Balaban J connectivity index is 1.20. The fourth-order valence-electron chi connectivity index (χ4n) is 7.55. The van der Waals surface area contributed by atoms with E-state index < -0.39 is 0 Å². The van der Waals surface area contributed by atoms with Gasteiger partial charge in [-0.3, -0.25) is 19.0 Å². The highest BCUT2D eigenvalue weighted by atomic mass is 32.2. The summed E-state index contributed by atoms with van der Waals surface area (Å²) in [5.74, 6) is 2.57. The second-order valence-electron chi connectivity index (χ2n) is 11.1. The van der Waals surface area contributed by atoms with Gasteiger partial charge >= 0.3 is 0 Å². The third kappa shape index (κ3) is 4.55. The van der Waals surface area contributed by atoms with E-state index in [-0.39, 0.29) is 33.1 Å². The van der Waals surface area contributed by atoms with Gasteiger partial charge in [0.25, 0.3) is 0 Å². The lowest BCUT2D eigenvalue weighted by atomic mass is 9.55. The molecule has 0 aliphatic heterocycles. The first-order valence-electron chi connectivity index (χ1n) is 12.5. The smallest absolute Gasteiger partial charge is 0.232 e. The van der Waals surface area contributed by atoms with Crippen molar-refractivity contribution in [3.63, 3.8) is 0 Å². The predicted octanol–water partition coefficient (Wildman–Crippen LogP) is 5.77. The maximum atomic E-state index is 12.8. The minimum Gasteiger partial charge on any atom is -0.299 e. The van der Waals surface area contributed by atoms with Crippen molar-refractivity contribution in [2.45, 2.75) is 112 Å². The number of rotatable bonds is 6. The van der Waals surface area contributed by atoms with E-state index >= 15 is 0 Å². The Morgan fingerprint density at radius 1 is 0.633 bits per heavy atom. The van der Waals surface area contributed by atoms with Crippen LogP contribution >= 0.6 is 23.9 Å². The molecule has 6 fully saturated rings. The van der Waals surface area contributed by atoms with Crippen molar-refractivity contribution in [2.24, 2.45) is 23.7 Å². The third-order valence-corrected chi connectivity index (χ3v) is 11.1. The van der Waals surface area contributed by atoms with E-state index in [9.17, 15) is 9.59 Å². The molecule has 6 rings (SSSR count). The second-order valence-corrected chi connectivity index (χ2v) is 13.7. The Labute approximate surface area is 190 Å². The van der Waals surface area contributed by atoms with Crippen LogP contribution in [0, 0.1) is 23.7 Å². The van der Waals surface area contributed by atoms with Crippen LogP contribution in [0.25, 0.3) is 0 Å². The number of carbonyl (C=O) groups excluding carboxylic acids is 2. The van der Waals surface area contributed by atoms with Crippen LogP contribution in [0.1, 0.15) is 103 Å². The highest BCUT2D eigenvalue weighted by Gasteiger charge is 2.59. The quantitative estimate of drug-likeness (QED) is 0.505. The minimum atomic E-state index is 0.191. The molecule has 2 N–H and O–H groups in total. The van der Waals surface area contributed by atoms with E-state index in [1.807, 2.05) is 0 Å². The van der Waals surface area contributed by atoms with E-state index in [0.29, 0.717) is 0 Å². The van der Waals surface area contributed by atoms with Crippen LogP contribution in [0.3, 0.4) is 0 Å². The van der Waals surface area contributed by atoms with Gasteiger partial charge in [0.2, 0.25) is 11.8 Å². The van der Waals surface area contributed by atoms with Gasteiger partial charge in [-0.2, -0.15) is 0 Å². The molecule has 6 aliphatic carbocycles. The fourth-order valence-corrected chi connectivity index (χ4v) is 10.6. The zero-order chi connectivity index (χ0) is 20.6. The minimum absolute atomic E-state index is 0.191. The molecule has 0 heterocycles. The van der Waals surface area contributed by atoms with Crippen molar-refractivity contribution in [3.05, 3.63) is 0 Å². The first kappa shape index (κ1) is 21.5. The average molecular weight is 451 g/mol. The summed E-state index contributed by atoms with van der Waals surface area (Å²) in [5, 5.41) is 0. The molecular formula is C24H38N2O2S2. The molecule has 6 saturated carbocycles. The van der Waals surface area contributed by atoms with Crippen molar-refractivity contribution in [2.75, 3.05) is 0 Å². The summed E-state index contributed by atoms with van der Waals surface area (Å²) in [7, 11) is 0. The van der Waals surface area contributed by atoms with Crippen LogP contribution in [0.4, 0.5) is 0 Å². The second kappa shape index (κ2) is 8.88. The van der Waals surface area contributed by atoms with Gasteiger partial charge in [0.15, 0.2) is 0 Å². The maximum absolute atomic E-state index is 12.8. The van der Waals surface area contributed by atoms with Gasteiger partial charge < -0.3 is 0 Å². The van der Waals surface area contributed by atoms with Crippen LogP contribution in [0.5, 0.6) is 0 Å². The highest BCUT2D eigenvalue weighted by Crippen LogP contribution is 2.65. The summed E-state index contributed by atoms with van der Waals surface area (Å²) < 4.78 is 7.03. The molecule has 4 bridgehead atoms. The third-order valence-electron chi connectivity index (χ3n) is 8.64.